The molecule has 0 spiro atoms. The fourth-order valence-corrected chi connectivity index (χ4v) is 11.8. The van der Waals surface area contributed by atoms with Gasteiger partial charge in [-0.2, -0.15) is 5.26 Å². The van der Waals surface area contributed by atoms with Gasteiger partial charge >= 0.3 is 0 Å². The zero-order valence-electron chi connectivity index (χ0n) is 40.3. The van der Waals surface area contributed by atoms with Crippen molar-refractivity contribution in [2.24, 2.45) is 9.98 Å². The predicted octanol–water partition coefficient (Wildman–Crippen LogP) is 18.3. The zero-order chi connectivity index (χ0) is 49.6. The van der Waals surface area contributed by atoms with Crippen molar-refractivity contribution in [3.63, 3.8) is 0 Å². The monoisotopic (exact) mass is 959 g/mol. The summed E-state index contributed by atoms with van der Waals surface area (Å²) in [6, 6.07) is 81.7. The van der Waals surface area contributed by atoms with E-state index in [1.807, 2.05) is 29.4 Å². The second-order valence-corrected chi connectivity index (χ2v) is 19.1. The molecular formula is C68H41N5O2. The number of rotatable bonds is 7. The Bertz CT molecular complexity index is 4760. The van der Waals surface area contributed by atoms with Crippen LogP contribution in [-0.4, -0.2) is 19.3 Å². The van der Waals surface area contributed by atoms with Gasteiger partial charge in [0.2, 0.25) is 0 Å². The van der Waals surface area contributed by atoms with E-state index in [-0.39, 0.29) is 0 Å². The molecule has 0 saturated heterocycles. The number of fused-ring (bicyclic) bond motifs is 13. The van der Waals surface area contributed by atoms with Crippen LogP contribution in [0.2, 0.25) is 0 Å². The summed E-state index contributed by atoms with van der Waals surface area (Å²) in [5, 5.41) is 23.3. The Labute approximate surface area is 430 Å². The van der Waals surface area contributed by atoms with Crippen LogP contribution in [0.15, 0.2) is 243 Å². The fraction of sp³-hybridized carbons (Fsp3) is 0.0147. The Balaban J connectivity index is 1.10. The molecule has 350 valence electrons. The van der Waals surface area contributed by atoms with E-state index in [2.05, 4.69) is 227 Å². The number of benzene rings is 12. The van der Waals surface area contributed by atoms with Gasteiger partial charge in [0, 0.05) is 54.5 Å². The fourth-order valence-electron chi connectivity index (χ4n) is 11.8. The van der Waals surface area contributed by atoms with E-state index in [0.29, 0.717) is 23.4 Å². The minimum atomic E-state index is 0.448. The third-order valence-electron chi connectivity index (χ3n) is 15.0. The number of hydrogen-bond acceptors (Lipinski definition) is 7. The molecule has 0 aliphatic carbocycles. The molecule has 1 aliphatic heterocycles. The Morgan fingerprint density at radius 3 is 1.97 bits per heavy atom. The average Bonchev–Trinajstić information content (AvgIpc) is 4.07. The van der Waals surface area contributed by atoms with Crippen molar-refractivity contribution in [3.05, 3.63) is 230 Å². The van der Waals surface area contributed by atoms with Crippen molar-refractivity contribution in [3.8, 4) is 39.4 Å². The van der Waals surface area contributed by atoms with Gasteiger partial charge in [-0.05, 0) is 128 Å². The first-order chi connectivity index (χ1) is 37.2. The average molecular weight is 960 g/mol. The highest BCUT2D eigenvalue weighted by Crippen LogP contribution is 2.52. The Morgan fingerprint density at radius 2 is 1.16 bits per heavy atom. The van der Waals surface area contributed by atoms with Crippen LogP contribution in [0.3, 0.4) is 0 Å². The van der Waals surface area contributed by atoms with Crippen LogP contribution < -0.4 is 9.80 Å². The van der Waals surface area contributed by atoms with Gasteiger partial charge in [0.25, 0.3) is 0 Å². The largest absolute Gasteiger partial charge is 0.456 e. The summed E-state index contributed by atoms with van der Waals surface area (Å²) in [5.74, 6) is 0. The number of nitrogens with zero attached hydrogens (tertiary/aromatic N) is 5. The van der Waals surface area contributed by atoms with Crippen molar-refractivity contribution < 1.29 is 8.83 Å². The Kier molecular flexibility index (Phi) is 9.56. The normalized spacial score (nSPS) is 12.6. The number of furan rings is 2. The van der Waals surface area contributed by atoms with Crippen LogP contribution in [0.5, 0.6) is 0 Å². The number of para-hydroxylation sites is 1. The molecule has 3 heterocycles. The van der Waals surface area contributed by atoms with E-state index in [0.717, 1.165) is 121 Å². The number of hydrogen-bond donors (Lipinski definition) is 0. The molecule has 0 unspecified atom stereocenters. The summed E-state index contributed by atoms with van der Waals surface area (Å²) in [4.78, 5) is 13.3. The standard InChI is InChI=1S/C68H41N5O2/c69-38-46-34-45-36-58(73(47-21-8-3-9-22-47)57-28-14-26-53-55(57)35-44-20-10-11-24-50(44)62(53)43-18-6-2-7-19-43)54-31-33-61-66(56-37-48(30-32-59(56)74-61)72-40-70-39-71-41-72)67(54)63(45)68-64(46)65-52(27-15-29-60(65)75-68)51-25-13-12-23-49(51)42-16-4-1-5-17-42/h1-37,39-40H,41H2. The lowest BCUT2D eigenvalue weighted by atomic mass is 9.89. The van der Waals surface area contributed by atoms with Gasteiger partial charge in [-0.1, -0.05) is 152 Å². The topological polar surface area (TPSA) is 81.3 Å². The van der Waals surface area contributed by atoms with Crippen LogP contribution in [0.4, 0.5) is 22.7 Å². The summed E-state index contributed by atoms with van der Waals surface area (Å²) in [6.45, 7) is 0.448. The molecule has 12 aromatic carbocycles. The van der Waals surface area contributed by atoms with Gasteiger partial charge in [0.15, 0.2) is 0 Å². The third kappa shape index (κ3) is 6.60. The van der Waals surface area contributed by atoms with E-state index in [1.165, 1.54) is 10.9 Å². The SMILES string of the molecule is N#Cc1cc2cc(N(c3ccccc3)c3cccc4c(-c5ccccc5)c5ccccc5cc34)c3ccc4oc5ccc(N6C=NC=NC6)cc5c4c3c2c2oc3cccc(-c4ccccc4-c4ccccc4)c3c12. The van der Waals surface area contributed by atoms with Gasteiger partial charge in [0.05, 0.1) is 29.3 Å². The van der Waals surface area contributed by atoms with Crippen LogP contribution in [0, 0.1) is 11.3 Å². The molecule has 7 nitrogen and oxygen atoms in total. The van der Waals surface area contributed by atoms with E-state index in [1.54, 1.807) is 6.34 Å². The zero-order valence-corrected chi connectivity index (χ0v) is 40.3. The second kappa shape index (κ2) is 16.9. The molecule has 75 heavy (non-hydrogen) atoms. The predicted molar refractivity (Wildman–Crippen MR) is 311 cm³/mol. The van der Waals surface area contributed by atoms with E-state index >= 15 is 0 Å². The van der Waals surface area contributed by atoms with E-state index < -0.39 is 0 Å². The first-order valence-electron chi connectivity index (χ1n) is 25.1. The first-order valence-corrected chi connectivity index (χ1v) is 25.1. The molecule has 2 aromatic heterocycles. The van der Waals surface area contributed by atoms with E-state index in [4.69, 9.17) is 8.83 Å². The molecule has 7 heteroatoms. The molecule has 0 atom stereocenters. The van der Waals surface area contributed by atoms with Crippen LogP contribution in [-0.2, 0) is 0 Å². The van der Waals surface area contributed by atoms with Crippen molar-refractivity contribution in [2.45, 2.75) is 0 Å². The molecule has 0 amide bonds. The van der Waals surface area contributed by atoms with Gasteiger partial charge in [-0.3, -0.25) is 4.99 Å². The summed E-state index contributed by atoms with van der Waals surface area (Å²) in [6.07, 6.45) is 3.40. The maximum absolute atomic E-state index is 11.4. The smallest absolute Gasteiger partial charge is 0.145 e. The lowest BCUT2D eigenvalue weighted by Crippen LogP contribution is -2.23. The molecule has 0 bridgehead atoms. The van der Waals surface area contributed by atoms with Crippen molar-refractivity contribution in [2.75, 3.05) is 16.5 Å². The quantitative estimate of drug-likeness (QED) is 0.117. The minimum absolute atomic E-state index is 0.448. The summed E-state index contributed by atoms with van der Waals surface area (Å²) < 4.78 is 14.1. The van der Waals surface area contributed by atoms with Crippen molar-refractivity contribution in [1.82, 2.24) is 0 Å². The van der Waals surface area contributed by atoms with Crippen LogP contribution >= 0.6 is 0 Å². The van der Waals surface area contributed by atoms with Gasteiger partial charge < -0.3 is 18.6 Å². The number of anilines is 4. The molecule has 1 aliphatic rings. The van der Waals surface area contributed by atoms with E-state index in [9.17, 15) is 5.26 Å². The first kappa shape index (κ1) is 42.4. The molecule has 0 radical (unpaired) electrons. The highest BCUT2D eigenvalue weighted by molar-refractivity contribution is 6.36. The Hall–Kier alpha value is -10.3. The van der Waals surface area contributed by atoms with Gasteiger partial charge in [-0.15, -0.1) is 0 Å². The van der Waals surface area contributed by atoms with Crippen molar-refractivity contribution >= 4 is 122 Å². The molecule has 14 aromatic rings. The molecule has 0 fully saturated rings. The van der Waals surface area contributed by atoms with Gasteiger partial charge in [0.1, 0.15) is 35.3 Å². The highest BCUT2D eigenvalue weighted by atomic mass is 16.3. The second-order valence-electron chi connectivity index (χ2n) is 19.1. The number of nitriles is 1. The maximum Gasteiger partial charge on any atom is 0.145 e. The maximum atomic E-state index is 11.4. The number of aliphatic imine (C=N–C) groups is 2. The molecule has 15 rings (SSSR count). The lowest BCUT2D eigenvalue weighted by Gasteiger charge is -2.29. The molecule has 0 saturated carbocycles. The van der Waals surface area contributed by atoms with Crippen LogP contribution in [0.25, 0.3) is 120 Å². The molecular weight excluding hydrogens is 919 g/mol. The minimum Gasteiger partial charge on any atom is -0.456 e. The Morgan fingerprint density at radius 1 is 0.453 bits per heavy atom. The van der Waals surface area contributed by atoms with Crippen LogP contribution in [0.1, 0.15) is 5.56 Å². The van der Waals surface area contributed by atoms with Crippen molar-refractivity contribution in [1.29, 1.82) is 5.26 Å². The summed E-state index contributed by atoms with van der Waals surface area (Å²) in [5.41, 5.74) is 13.8. The van der Waals surface area contributed by atoms with Gasteiger partial charge in [-0.25, -0.2) is 4.99 Å². The highest BCUT2D eigenvalue weighted by Gasteiger charge is 2.28. The molecule has 0 N–H and O–H groups in total. The summed E-state index contributed by atoms with van der Waals surface area (Å²) >= 11 is 0. The third-order valence-corrected chi connectivity index (χ3v) is 15.0. The lowest BCUT2D eigenvalue weighted by molar-refractivity contribution is 0.669. The summed E-state index contributed by atoms with van der Waals surface area (Å²) in [7, 11) is 0.